The van der Waals surface area contributed by atoms with Crippen LogP contribution in [0.15, 0.2) is 36.4 Å². The van der Waals surface area contributed by atoms with Gasteiger partial charge in [-0.2, -0.15) is 0 Å². The minimum Gasteiger partial charge on any atom is -0.497 e. The summed E-state index contributed by atoms with van der Waals surface area (Å²) in [6.45, 7) is 0. The van der Waals surface area contributed by atoms with Crippen molar-refractivity contribution in [2.45, 2.75) is 0 Å². The number of nitro benzene ring substituents is 1. The van der Waals surface area contributed by atoms with Gasteiger partial charge in [0.1, 0.15) is 11.5 Å². The molecule has 0 unspecified atom stereocenters. The first-order chi connectivity index (χ1) is 10.5. The first-order valence-corrected chi connectivity index (χ1v) is 6.22. The van der Waals surface area contributed by atoms with Crippen LogP contribution in [-0.4, -0.2) is 30.2 Å². The standard InChI is InChI=1S/C15H13NO6/c1-21-10-4-6-14(22-2)13(8-10)12-7-9(16(19)20)3-5-11(12)15(17)18/h3-8H,1-2H3,(H,17,18). The lowest BCUT2D eigenvalue weighted by Crippen LogP contribution is -2.02. The molecule has 114 valence electrons. The third kappa shape index (κ3) is 2.83. The molecule has 0 spiro atoms. The highest BCUT2D eigenvalue weighted by atomic mass is 16.6. The van der Waals surface area contributed by atoms with E-state index in [1.165, 1.54) is 26.4 Å². The van der Waals surface area contributed by atoms with Crippen molar-refractivity contribution < 1.29 is 24.3 Å². The average molecular weight is 303 g/mol. The Morgan fingerprint density at radius 1 is 1.09 bits per heavy atom. The van der Waals surface area contributed by atoms with Crippen molar-refractivity contribution in [3.63, 3.8) is 0 Å². The highest BCUT2D eigenvalue weighted by Crippen LogP contribution is 2.37. The molecular formula is C15H13NO6. The first-order valence-electron chi connectivity index (χ1n) is 6.22. The number of nitro groups is 1. The summed E-state index contributed by atoms with van der Waals surface area (Å²) in [4.78, 5) is 21.8. The van der Waals surface area contributed by atoms with Crippen LogP contribution in [0.3, 0.4) is 0 Å². The lowest BCUT2D eigenvalue weighted by molar-refractivity contribution is -0.384. The lowest BCUT2D eigenvalue weighted by atomic mass is 9.97. The van der Waals surface area contributed by atoms with Gasteiger partial charge in [-0.3, -0.25) is 10.1 Å². The molecule has 0 saturated carbocycles. The van der Waals surface area contributed by atoms with Crippen LogP contribution >= 0.6 is 0 Å². The van der Waals surface area contributed by atoms with E-state index in [-0.39, 0.29) is 16.8 Å². The van der Waals surface area contributed by atoms with Crippen LogP contribution in [0.5, 0.6) is 11.5 Å². The summed E-state index contributed by atoms with van der Waals surface area (Å²) in [5.41, 5.74) is 0.336. The topological polar surface area (TPSA) is 98.9 Å². The number of aromatic carboxylic acids is 1. The van der Waals surface area contributed by atoms with Crippen molar-refractivity contribution in [2.24, 2.45) is 0 Å². The molecule has 7 nitrogen and oxygen atoms in total. The van der Waals surface area contributed by atoms with Gasteiger partial charge in [-0.15, -0.1) is 0 Å². The quantitative estimate of drug-likeness (QED) is 0.673. The lowest BCUT2D eigenvalue weighted by Gasteiger charge is -2.12. The van der Waals surface area contributed by atoms with E-state index >= 15 is 0 Å². The molecule has 0 aliphatic heterocycles. The molecule has 0 aromatic heterocycles. The van der Waals surface area contributed by atoms with Gasteiger partial charge in [0.2, 0.25) is 0 Å². The van der Waals surface area contributed by atoms with Crippen LogP contribution < -0.4 is 9.47 Å². The smallest absolute Gasteiger partial charge is 0.336 e. The molecule has 0 radical (unpaired) electrons. The van der Waals surface area contributed by atoms with Crippen LogP contribution in [0.25, 0.3) is 11.1 Å². The van der Waals surface area contributed by atoms with Crippen LogP contribution in [0, 0.1) is 10.1 Å². The van der Waals surface area contributed by atoms with Crippen molar-refractivity contribution in [2.75, 3.05) is 14.2 Å². The maximum Gasteiger partial charge on any atom is 0.336 e. The summed E-state index contributed by atoms with van der Waals surface area (Å²) in [5.74, 6) is -0.308. The molecule has 0 atom stereocenters. The zero-order chi connectivity index (χ0) is 16.3. The highest BCUT2D eigenvalue weighted by Gasteiger charge is 2.19. The number of hydrogen-bond acceptors (Lipinski definition) is 5. The number of carboxylic acids is 1. The summed E-state index contributed by atoms with van der Waals surface area (Å²) in [6.07, 6.45) is 0. The Hall–Kier alpha value is -3.09. The largest absolute Gasteiger partial charge is 0.497 e. The maximum atomic E-state index is 11.4. The van der Waals surface area contributed by atoms with Crippen LogP contribution in [0.2, 0.25) is 0 Å². The fourth-order valence-corrected chi connectivity index (χ4v) is 2.08. The van der Waals surface area contributed by atoms with E-state index in [0.29, 0.717) is 17.1 Å². The normalized spacial score (nSPS) is 10.1. The second-order valence-corrected chi connectivity index (χ2v) is 4.36. The monoisotopic (exact) mass is 303 g/mol. The van der Waals surface area contributed by atoms with E-state index in [2.05, 4.69) is 0 Å². The number of carbonyl (C=O) groups is 1. The molecule has 0 fully saturated rings. The molecule has 7 heteroatoms. The molecule has 22 heavy (non-hydrogen) atoms. The molecule has 0 aliphatic carbocycles. The number of non-ortho nitro benzene ring substituents is 1. The molecule has 2 aromatic carbocycles. The van der Waals surface area contributed by atoms with Gasteiger partial charge in [0.25, 0.3) is 5.69 Å². The zero-order valence-electron chi connectivity index (χ0n) is 11.9. The summed E-state index contributed by atoms with van der Waals surface area (Å²) in [5, 5.41) is 20.3. The summed E-state index contributed by atoms with van der Waals surface area (Å²) >= 11 is 0. The Bertz CT molecular complexity index is 741. The predicted octanol–water partition coefficient (Wildman–Crippen LogP) is 2.98. The van der Waals surface area contributed by atoms with E-state index in [9.17, 15) is 20.0 Å². The fraction of sp³-hybridized carbons (Fsp3) is 0.133. The number of nitrogens with zero attached hydrogens (tertiary/aromatic N) is 1. The average Bonchev–Trinajstić information content (AvgIpc) is 2.53. The second kappa shape index (κ2) is 6.13. The van der Waals surface area contributed by atoms with E-state index in [1.54, 1.807) is 18.2 Å². The van der Waals surface area contributed by atoms with Crippen LogP contribution in [0.4, 0.5) is 5.69 Å². The Kier molecular flexibility index (Phi) is 4.26. The Labute approximate surface area is 125 Å². The molecule has 0 heterocycles. The van der Waals surface area contributed by atoms with Gasteiger partial charge in [0.05, 0.1) is 24.7 Å². The minimum absolute atomic E-state index is 0.0582. The summed E-state index contributed by atoms with van der Waals surface area (Å²) < 4.78 is 10.3. The van der Waals surface area contributed by atoms with E-state index < -0.39 is 10.9 Å². The van der Waals surface area contributed by atoms with Gasteiger partial charge in [-0.25, -0.2) is 4.79 Å². The molecule has 2 rings (SSSR count). The second-order valence-electron chi connectivity index (χ2n) is 4.36. The minimum atomic E-state index is -1.19. The van der Waals surface area contributed by atoms with E-state index in [4.69, 9.17) is 9.47 Å². The third-order valence-electron chi connectivity index (χ3n) is 3.14. The molecule has 0 aliphatic rings. The summed E-state index contributed by atoms with van der Waals surface area (Å²) in [6, 6.07) is 8.40. The van der Waals surface area contributed by atoms with Crippen molar-refractivity contribution in [3.05, 3.63) is 52.1 Å². The van der Waals surface area contributed by atoms with Crippen molar-refractivity contribution >= 4 is 11.7 Å². The molecule has 0 saturated heterocycles. The van der Waals surface area contributed by atoms with Gasteiger partial charge in [0.15, 0.2) is 0 Å². The molecular weight excluding hydrogens is 290 g/mol. The SMILES string of the molecule is COc1ccc(OC)c(-c2cc([N+](=O)[O-])ccc2C(=O)O)c1. The van der Waals surface area contributed by atoms with Gasteiger partial charge < -0.3 is 14.6 Å². The number of hydrogen-bond donors (Lipinski definition) is 1. The Morgan fingerprint density at radius 3 is 2.36 bits per heavy atom. The number of methoxy groups -OCH3 is 2. The van der Waals surface area contributed by atoms with Gasteiger partial charge in [-0.05, 0) is 24.3 Å². The van der Waals surface area contributed by atoms with Gasteiger partial charge in [-0.1, -0.05) is 0 Å². The van der Waals surface area contributed by atoms with E-state index in [1.807, 2.05) is 0 Å². The van der Waals surface area contributed by atoms with Crippen molar-refractivity contribution in [1.29, 1.82) is 0 Å². The number of rotatable bonds is 5. The summed E-state index contributed by atoms with van der Waals surface area (Å²) in [7, 11) is 2.90. The van der Waals surface area contributed by atoms with E-state index in [0.717, 1.165) is 6.07 Å². The van der Waals surface area contributed by atoms with Crippen molar-refractivity contribution in [1.82, 2.24) is 0 Å². The fourth-order valence-electron chi connectivity index (χ4n) is 2.08. The third-order valence-corrected chi connectivity index (χ3v) is 3.14. The molecule has 0 amide bonds. The number of ether oxygens (including phenoxy) is 2. The highest BCUT2D eigenvalue weighted by molar-refractivity contribution is 5.97. The number of benzene rings is 2. The van der Waals surface area contributed by atoms with Crippen LogP contribution in [0.1, 0.15) is 10.4 Å². The van der Waals surface area contributed by atoms with Crippen molar-refractivity contribution in [3.8, 4) is 22.6 Å². The molecule has 1 N–H and O–H groups in total. The predicted molar refractivity (Wildman–Crippen MR) is 78.6 cm³/mol. The molecule has 2 aromatic rings. The Morgan fingerprint density at radius 2 is 1.82 bits per heavy atom. The van der Waals surface area contributed by atoms with Gasteiger partial charge in [0, 0.05) is 23.3 Å². The zero-order valence-corrected chi connectivity index (χ0v) is 11.9. The first kappa shape index (κ1) is 15.3. The maximum absolute atomic E-state index is 11.4. The number of carboxylic acid groups (broad SMARTS) is 1. The van der Waals surface area contributed by atoms with Gasteiger partial charge >= 0.3 is 5.97 Å². The molecule has 0 bridgehead atoms. The van der Waals surface area contributed by atoms with Crippen LogP contribution in [-0.2, 0) is 0 Å². The Balaban J connectivity index is 2.76.